The molecule has 98 valence electrons. The average molecular weight is 253 g/mol. The first-order chi connectivity index (χ1) is 8.54. The fourth-order valence-corrected chi connectivity index (χ4v) is 1.31. The smallest absolute Gasteiger partial charge is 0.332 e. The Hall–Kier alpha value is -1.92. The predicted octanol–water partition coefficient (Wildman–Crippen LogP) is -0.256. The lowest BCUT2D eigenvalue weighted by Crippen LogP contribution is -2.30. The SMILES string of the molecule is O=C(NCC[C@H](O)C(=O)O)c1ccc(CO)cc1. The highest BCUT2D eigenvalue weighted by Gasteiger charge is 2.13. The lowest BCUT2D eigenvalue weighted by Gasteiger charge is -2.07. The highest BCUT2D eigenvalue weighted by Crippen LogP contribution is 2.04. The molecule has 18 heavy (non-hydrogen) atoms. The summed E-state index contributed by atoms with van der Waals surface area (Å²) in [6.45, 7) is -0.0131. The molecule has 0 aromatic heterocycles. The molecule has 6 nitrogen and oxygen atoms in total. The van der Waals surface area contributed by atoms with Crippen molar-refractivity contribution in [1.29, 1.82) is 0 Å². The molecule has 6 heteroatoms. The zero-order valence-electron chi connectivity index (χ0n) is 9.67. The van der Waals surface area contributed by atoms with E-state index in [1.165, 1.54) is 0 Å². The third-order valence-electron chi connectivity index (χ3n) is 2.39. The molecular weight excluding hydrogens is 238 g/mol. The molecule has 1 amide bonds. The molecule has 0 heterocycles. The maximum absolute atomic E-state index is 11.6. The molecule has 1 aromatic rings. The van der Waals surface area contributed by atoms with Crippen LogP contribution in [0.5, 0.6) is 0 Å². The molecule has 0 bridgehead atoms. The van der Waals surface area contributed by atoms with E-state index in [-0.39, 0.29) is 25.5 Å². The van der Waals surface area contributed by atoms with E-state index in [0.717, 1.165) is 0 Å². The zero-order chi connectivity index (χ0) is 13.5. The van der Waals surface area contributed by atoms with Gasteiger partial charge in [-0.1, -0.05) is 12.1 Å². The van der Waals surface area contributed by atoms with Crippen molar-refractivity contribution in [2.45, 2.75) is 19.1 Å². The normalized spacial score (nSPS) is 11.9. The molecule has 0 saturated heterocycles. The van der Waals surface area contributed by atoms with E-state index >= 15 is 0 Å². The summed E-state index contributed by atoms with van der Waals surface area (Å²) in [5.74, 6) is -1.66. The van der Waals surface area contributed by atoms with E-state index in [9.17, 15) is 9.59 Å². The largest absolute Gasteiger partial charge is 0.479 e. The minimum atomic E-state index is -1.47. The molecule has 0 saturated carbocycles. The molecule has 0 radical (unpaired) electrons. The molecule has 1 atom stereocenters. The van der Waals surface area contributed by atoms with Gasteiger partial charge < -0.3 is 20.6 Å². The first-order valence-corrected chi connectivity index (χ1v) is 5.43. The van der Waals surface area contributed by atoms with E-state index in [1.54, 1.807) is 24.3 Å². The van der Waals surface area contributed by atoms with E-state index in [1.807, 2.05) is 0 Å². The molecule has 0 fully saturated rings. The van der Waals surface area contributed by atoms with E-state index < -0.39 is 12.1 Å². The Morgan fingerprint density at radius 2 is 1.83 bits per heavy atom. The van der Waals surface area contributed by atoms with Crippen LogP contribution in [-0.2, 0) is 11.4 Å². The lowest BCUT2D eigenvalue weighted by molar-refractivity contribution is -0.146. The summed E-state index contributed by atoms with van der Waals surface area (Å²) >= 11 is 0. The van der Waals surface area contributed by atoms with Crippen molar-refractivity contribution in [3.05, 3.63) is 35.4 Å². The summed E-state index contributed by atoms with van der Waals surface area (Å²) in [4.78, 5) is 21.9. The Morgan fingerprint density at radius 1 is 1.22 bits per heavy atom. The number of nitrogens with one attached hydrogen (secondary N) is 1. The quantitative estimate of drug-likeness (QED) is 0.559. The summed E-state index contributed by atoms with van der Waals surface area (Å²) < 4.78 is 0. The van der Waals surface area contributed by atoms with Gasteiger partial charge in [0.15, 0.2) is 6.10 Å². The van der Waals surface area contributed by atoms with Gasteiger partial charge >= 0.3 is 5.97 Å². The van der Waals surface area contributed by atoms with E-state index in [4.69, 9.17) is 15.3 Å². The number of aliphatic hydroxyl groups is 2. The maximum atomic E-state index is 11.6. The third kappa shape index (κ3) is 4.15. The number of benzene rings is 1. The van der Waals surface area contributed by atoms with Crippen molar-refractivity contribution in [3.8, 4) is 0 Å². The maximum Gasteiger partial charge on any atom is 0.332 e. The molecule has 4 N–H and O–H groups in total. The van der Waals surface area contributed by atoms with Gasteiger partial charge in [0.1, 0.15) is 0 Å². The van der Waals surface area contributed by atoms with Gasteiger partial charge in [-0.15, -0.1) is 0 Å². The van der Waals surface area contributed by atoms with Crippen molar-refractivity contribution < 1.29 is 24.9 Å². The van der Waals surface area contributed by atoms with Crippen LogP contribution in [0.4, 0.5) is 0 Å². The van der Waals surface area contributed by atoms with Gasteiger partial charge in [0.05, 0.1) is 6.61 Å². The van der Waals surface area contributed by atoms with Gasteiger partial charge in [-0.25, -0.2) is 4.79 Å². The lowest BCUT2D eigenvalue weighted by atomic mass is 10.1. The average Bonchev–Trinajstić information content (AvgIpc) is 2.38. The molecule has 0 aliphatic carbocycles. The van der Waals surface area contributed by atoms with Crippen molar-refractivity contribution in [2.75, 3.05) is 6.54 Å². The summed E-state index contributed by atoms with van der Waals surface area (Å²) in [7, 11) is 0. The van der Waals surface area contributed by atoms with Crippen LogP contribution in [-0.4, -0.2) is 39.8 Å². The van der Waals surface area contributed by atoms with Gasteiger partial charge in [0.2, 0.25) is 0 Å². The van der Waals surface area contributed by atoms with Crippen LogP contribution in [0.1, 0.15) is 22.3 Å². The molecule has 0 aliphatic heterocycles. The Labute approximate surface area is 104 Å². The molecule has 1 aromatic carbocycles. The number of carboxylic acids is 1. The predicted molar refractivity (Wildman–Crippen MR) is 63.0 cm³/mol. The second-order valence-corrected chi connectivity index (χ2v) is 3.75. The van der Waals surface area contributed by atoms with Crippen molar-refractivity contribution in [1.82, 2.24) is 5.32 Å². The highest BCUT2D eigenvalue weighted by atomic mass is 16.4. The van der Waals surface area contributed by atoms with Gasteiger partial charge in [0.25, 0.3) is 5.91 Å². The topological polar surface area (TPSA) is 107 Å². The number of aliphatic hydroxyl groups excluding tert-OH is 2. The fourth-order valence-electron chi connectivity index (χ4n) is 1.31. The standard InChI is InChI=1S/C12H15NO5/c14-7-8-1-3-9(4-2-8)11(16)13-6-5-10(15)12(17)18/h1-4,10,14-15H,5-7H2,(H,13,16)(H,17,18)/t10-/m0/s1. The minimum absolute atomic E-state index is 0.0458. The van der Waals surface area contributed by atoms with Crippen LogP contribution < -0.4 is 5.32 Å². The first kappa shape index (κ1) is 14.1. The Morgan fingerprint density at radius 3 is 2.33 bits per heavy atom. The Kier molecular flexibility index (Phi) is 5.29. The van der Waals surface area contributed by atoms with Crippen molar-refractivity contribution >= 4 is 11.9 Å². The van der Waals surface area contributed by atoms with Crippen LogP contribution in [0, 0.1) is 0 Å². The van der Waals surface area contributed by atoms with E-state index in [2.05, 4.69) is 5.32 Å². The molecule has 0 unspecified atom stereocenters. The first-order valence-electron chi connectivity index (χ1n) is 5.43. The number of carbonyl (C=O) groups excluding carboxylic acids is 1. The van der Waals surface area contributed by atoms with Crippen LogP contribution in [0.3, 0.4) is 0 Å². The second-order valence-electron chi connectivity index (χ2n) is 3.75. The minimum Gasteiger partial charge on any atom is -0.479 e. The number of carboxylic acid groups (broad SMARTS) is 1. The second kappa shape index (κ2) is 6.73. The monoisotopic (exact) mass is 253 g/mol. The van der Waals surface area contributed by atoms with E-state index in [0.29, 0.717) is 11.1 Å². The van der Waals surface area contributed by atoms with Crippen LogP contribution in [0.2, 0.25) is 0 Å². The number of carbonyl (C=O) groups is 2. The van der Waals surface area contributed by atoms with Crippen LogP contribution >= 0.6 is 0 Å². The molecular formula is C12H15NO5. The highest BCUT2D eigenvalue weighted by molar-refractivity contribution is 5.94. The Balaban J connectivity index is 2.42. The van der Waals surface area contributed by atoms with Gasteiger partial charge in [0, 0.05) is 18.5 Å². The molecule has 1 rings (SSSR count). The zero-order valence-corrected chi connectivity index (χ0v) is 9.67. The third-order valence-corrected chi connectivity index (χ3v) is 2.39. The summed E-state index contributed by atoms with van der Waals surface area (Å²) in [6, 6.07) is 6.38. The number of aliphatic carboxylic acids is 1. The number of hydrogen-bond donors (Lipinski definition) is 4. The number of rotatable bonds is 6. The molecule has 0 aliphatic rings. The summed E-state index contributed by atoms with van der Waals surface area (Å²) in [5.41, 5.74) is 1.12. The summed E-state index contributed by atoms with van der Waals surface area (Å²) in [5, 5.41) is 28.8. The fraction of sp³-hybridized carbons (Fsp3) is 0.333. The van der Waals surface area contributed by atoms with Crippen molar-refractivity contribution in [3.63, 3.8) is 0 Å². The van der Waals surface area contributed by atoms with Crippen LogP contribution in [0.25, 0.3) is 0 Å². The van der Waals surface area contributed by atoms with Crippen molar-refractivity contribution in [2.24, 2.45) is 0 Å². The van der Waals surface area contributed by atoms with Gasteiger partial charge in [-0.05, 0) is 17.7 Å². The van der Waals surface area contributed by atoms with Gasteiger partial charge in [-0.3, -0.25) is 4.79 Å². The number of amides is 1. The molecule has 0 spiro atoms. The van der Waals surface area contributed by atoms with Crippen LogP contribution in [0.15, 0.2) is 24.3 Å². The number of hydrogen-bond acceptors (Lipinski definition) is 4. The van der Waals surface area contributed by atoms with Gasteiger partial charge in [-0.2, -0.15) is 0 Å². The summed E-state index contributed by atoms with van der Waals surface area (Å²) in [6.07, 6.45) is -1.52. The Bertz CT molecular complexity index is 415.